The summed E-state index contributed by atoms with van der Waals surface area (Å²) in [6, 6.07) is 7.05. The summed E-state index contributed by atoms with van der Waals surface area (Å²) in [7, 11) is 1.50. The highest BCUT2D eigenvalue weighted by Gasteiger charge is 2.32. The summed E-state index contributed by atoms with van der Waals surface area (Å²) in [5, 5.41) is 3.10. The number of piperazine rings is 1. The lowest BCUT2D eigenvalue weighted by molar-refractivity contribution is -0.136. The van der Waals surface area contributed by atoms with Gasteiger partial charge in [-0.3, -0.25) is 14.2 Å². The molecule has 12 heteroatoms. The Hall–Kier alpha value is -4.19. The van der Waals surface area contributed by atoms with Crippen molar-refractivity contribution in [3.8, 4) is 17.4 Å². The molecule has 0 radical (unpaired) electrons. The zero-order chi connectivity index (χ0) is 27.4. The maximum absolute atomic E-state index is 13.3. The van der Waals surface area contributed by atoms with E-state index in [1.165, 1.54) is 7.11 Å². The third kappa shape index (κ3) is 6.11. The number of aryl methyl sites for hydroxylation is 1. The molecule has 2 aliphatic heterocycles. The molecule has 2 atom stereocenters. The number of ether oxygens (including phenoxy) is 3. The van der Waals surface area contributed by atoms with Crippen molar-refractivity contribution in [2.24, 2.45) is 0 Å². The van der Waals surface area contributed by atoms with E-state index in [2.05, 4.69) is 20.2 Å². The largest absolute Gasteiger partial charge is 0.486 e. The number of carbonyl (C=O) groups excluding carboxylic acids is 2. The maximum atomic E-state index is 13.3. The number of methoxy groups -OCH3 is 1. The van der Waals surface area contributed by atoms with E-state index < -0.39 is 0 Å². The second-order valence-electron chi connectivity index (χ2n) is 9.65. The van der Waals surface area contributed by atoms with Crippen LogP contribution in [0.1, 0.15) is 30.6 Å². The molecule has 2 aliphatic rings. The summed E-state index contributed by atoms with van der Waals surface area (Å²) in [5.41, 5.74) is 1.71. The Balaban J connectivity index is 1.34. The quantitative estimate of drug-likeness (QED) is 0.459. The Kier molecular flexibility index (Phi) is 7.92. The fourth-order valence-corrected chi connectivity index (χ4v) is 4.88. The number of carbonyl (C=O) groups is 2. The van der Waals surface area contributed by atoms with Crippen LogP contribution in [0.25, 0.3) is 5.95 Å². The van der Waals surface area contributed by atoms with Crippen LogP contribution in [0.5, 0.6) is 11.5 Å². The minimum Gasteiger partial charge on any atom is -0.486 e. The first-order valence-corrected chi connectivity index (χ1v) is 13.0. The van der Waals surface area contributed by atoms with Crippen molar-refractivity contribution in [3.05, 3.63) is 54.2 Å². The van der Waals surface area contributed by atoms with Gasteiger partial charge in [0.15, 0.2) is 11.5 Å². The number of hydrogen-bond donors (Lipinski definition) is 1. The van der Waals surface area contributed by atoms with Crippen molar-refractivity contribution < 1.29 is 23.8 Å². The highest BCUT2D eigenvalue weighted by molar-refractivity contribution is 5.80. The van der Waals surface area contributed by atoms with Gasteiger partial charge in [-0.2, -0.15) is 4.98 Å². The maximum Gasteiger partial charge on any atom is 0.248 e. The highest BCUT2D eigenvalue weighted by Crippen LogP contribution is 2.32. The van der Waals surface area contributed by atoms with E-state index in [-0.39, 0.29) is 36.9 Å². The molecule has 2 aromatic heterocycles. The number of nitrogens with one attached hydrogen (secondary N) is 1. The number of aromatic nitrogens is 4. The molecular weight excluding hydrogens is 502 g/mol. The number of rotatable bonds is 8. The van der Waals surface area contributed by atoms with Gasteiger partial charge in [0.25, 0.3) is 0 Å². The van der Waals surface area contributed by atoms with Crippen LogP contribution in [0.4, 0.5) is 5.82 Å². The van der Waals surface area contributed by atoms with E-state index >= 15 is 0 Å². The van der Waals surface area contributed by atoms with E-state index in [9.17, 15) is 9.59 Å². The van der Waals surface area contributed by atoms with Crippen LogP contribution in [0.3, 0.4) is 0 Å². The van der Waals surface area contributed by atoms with Crippen molar-refractivity contribution in [1.29, 1.82) is 0 Å². The van der Waals surface area contributed by atoms with Gasteiger partial charge in [-0.05, 0) is 31.5 Å². The fourth-order valence-electron chi connectivity index (χ4n) is 4.88. The van der Waals surface area contributed by atoms with Crippen LogP contribution in [0, 0.1) is 6.92 Å². The number of nitrogens with zero attached hydrogens (tertiary/aromatic N) is 6. The van der Waals surface area contributed by atoms with E-state index in [4.69, 9.17) is 19.2 Å². The summed E-state index contributed by atoms with van der Waals surface area (Å²) in [5.74, 6) is 2.34. The molecule has 3 aromatic rings. The molecule has 39 heavy (non-hydrogen) atoms. The van der Waals surface area contributed by atoms with Crippen molar-refractivity contribution in [3.63, 3.8) is 0 Å². The summed E-state index contributed by atoms with van der Waals surface area (Å²) in [4.78, 5) is 43.2. The molecule has 1 fully saturated rings. The van der Waals surface area contributed by atoms with Gasteiger partial charge in [-0.25, -0.2) is 9.97 Å². The van der Waals surface area contributed by atoms with Gasteiger partial charge in [-0.1, -0.05) is 6.07 Å². The molecule has 1 N–H and O–H groups in total. The second-order valence-corrected chi connectivity index (χ2v) is 9.65. The molecule has 1 aromatic carbocycles. The van der Waals surface area contributed by atoms with Gasteiger partial charge in [0.05, 0.1) is 12.1 Å². The Morgan fingerprint density at radius 2 is 1.97 bits per heavy atom. The molecule has 1 saturated heterocycles. The van der Waals surface area contributed by atoms with Gasteiger partial charge < -0.3 is 29.3 Å². The van der Waals surface area contributed by atoms with Gasteiger partial charge >= 0.3 is 0 Å². The Labute approximate surface area is 226 Å². The summed E-state index contributed by atoms with van der Waals surface area (Å²) < 4.78 is 18.1. The van der Waals surface area contributed by atoms with E-state index in [1.54, 1.807) is 28.2 Å². The SMILES string of the molecule is COCC(=O)N1CCN(c2cc(C)nc(-n3ccnc3)n2)C(CC(=O)NC(C)c2ccc3c(c2)OCCO3)C1. The average molecular weight is 536 g/mol. The molecule has 206 valence electrons. The van der Waals surface area contributed by atoms with Crippen molar-refractivity contribution in [2.45, 2.75) is 32.4 Å². The smallest absolute Gasteiger partial charge is 0.248 e. The average Bonchev–Trinajstić information content (AvgIpc) is 3.48. The topological polar surface area (TPSA) is 124 Å². The van der Waals surface area contributed by atoms with Crippen molar-refractivity contribution in [2.75, 3.05) is 51.5 Å². The predicted molar refractivity (Wildman–Crippen MR) is 142 cm³/mol. The summed E-state index contributed by atoms with van der Waals surface area (Å²) in [6.07, 6.45) is 5.27. The zero-order valence-corrected chi connectivity index (χ0v) is 22.4. The first kappa shape index (κ1) is 26.4. The van der Waals surface area contributed by atoms with Crippen LogP contribution in [-0.4, -0.2) is 88.8 Å². The molecule has 0 spiro atoms. The number of fused-ring (bicyclic) bond motifs is 1. The molecule has 2 unspecified atom stereocenters. The fraction of sp³-hybridized carbons (Fsp3) is 0.444. The second kappa shape index (κ2) is 11.7. The first-order chi connectivity index (χ1) is 18.9. The molecular formula is C27H33N7O5. The Bertz CT molecular complexity index is 1320. The number of amides is 2. The number of hydrogen-bond acceptors (Lipinski definition) is 9. The number of benzene rings is 1. The third-order valence-corrected chi connectivity index (χ3v) is 6.83. The Morgan fingerprint density at radius 1 is 1.15 bits per heavy atom. The molecule has 4 heterocycles. The first-order valence-electron chi connectivity index (χ1n) is 13.0. The van der Waals surface area contributed by atoms with Gasteiger partial charge in [-0.15, -0.1) is 0 Å². The lowest BCUT2D eigenvalue weighted by Crippen LogP contribution is -2.57. The van der Waals surface area contributed by atoms with Gasteiger partial charge in [0.1, 0.15) is 32.0 Å². The summed E-state index contributed by atoms with van der Waals surface area (Å²) >= 11 is 0. The molecule has 0 aliphatic carbocycles. The molecule has 2 amide bonds. The van der Waals surface area contributed by atoms with Gasteiger partial charge in [0, 0.05) is 57.3 Å². The van der Waals surface area contributed by atoms with Crippen LogP contribution in [0.15, 0.2) is 43.0 Å². The highest BCUT2D eigenvalue weighted by atomic mass is 16.6. The molecule has 12 nitrogen and oxygen atoms in total. The van der Waals surface area contributed by atoms with Crippen LogP contribution in [-0.2, 0) is 14.3 Å². The van der Waals surface area contributed by atoms with Crippen LogP contribution < -0.4 is 19.7 Å². The lowest BCUT2D eigenvalue weighted by atomic mass is 10.0. The normalized spacial score (nSPS) is 17.6. The van der Waals surface area contributed by atoms with Gasteiger partial charge in [0.2, 0.25) is 17.8 Å². The van der Waals surface area contributed by atoms with Crippen LogP contribution >= 0.6 is 0 Å². The molecule has 5 rings (SSSR count). The lowest BCUT2D eigenvalue weighted by Gasteiger charge is -2.42. The minimum absolute atomic E-state index is 0.00252. The van der Waals surface area contributed by atoms with Crippen molar-refractivity contribution >= 4 is 17.6 Å². The standard InChI is InChI=1S/C27H33N7O5/c1-18-12-24(31-27(29-18)33-7-6-28-17-33)34-9-8-32(26(36)16-37-3)15-21(34)14-25(35)30-19(2)20-4-5-22-23(13-20)39-11-10-38-22/h4-7,12-13,17,19,21H,8-11,14-16H2,1-3H3,(H,30,35). The van der Waals surface area contributed by atoms with E-state index in [0.717, 1.165) is 11.3 Å². The molecule has 0 bridgehead atoms. The van der Waals surface area contributed by atoms with Crippen molar-refractivity contribution in [1.82, 2.24) is 29.7 Å². The Morgan fingerprint density at radius 3 is 2.74 bits per heavy atom. The zero-order valence-electron chi connectivity index (χ0n) is 22.4. The van der Waals surface area contributed by atoms with E-state index in [1.807, 2.05) is 38.1 Å². The minimum atomic E-state index is -0.294. The predicted octanol–water partition coefficient (Wildman–Crippen LogP) is 1.67. The third-order valence-electron chi connectivity index (χ3n) is 6.83. The summed E-state index contributed by atoms with van der Waals surface area (Å²) in [6.45, 7) is 6.24. The van der Waals surface area contributed by atoms with E-state index in [0.29, 0.717) is 56.1 Å². The monoisotopic (exact) mass is 535 g/mol. The number of anilines is 1. The van der Waals surface area contributed by atoms with Crippen LogP contribution in [0.2, 0.25) is 0 Å². The molecule has 0 saturated carbocycles. The number of imidazole rings is 1.